The van der Waals surface area contributed by atoms with Crippen LogP contribution in [0, 0.1) is 0 Å². The van der Waals surface area contributed by atoms with Gasteiger partial charge in [-0.1, -0.05) is 24.3 Å². The average molecular weight is 415 g/mol. The first-order valence-electron chi connectivity index (χ1n) is 10.5. The van der Waals surface area contributed by atoms with Gasteiger partial charge in [0.2, 0.25) is 10.0 Å². The van der Waals surface area contributed by atoms with Crippen LogP contribution in [0.3, 0.4) is 0 Å². The molecule has 0 unspecified atom stereocenters. The molecule has 0 aromatic heterocycles. The number of rotatable bonds is 7. The first-order chi connectivity index (χ1) is 14.0. The molecule has 0 atom stereocenters. The molecule has 2 aliphatic rings. The monoisotopic (exact) mass is 414 g/mol. The number of nitrogens with zero attached hydrogens (tertiary/aromatic N) is 1. The molecular formula is C23H30N2O3S. The van der Waals surface area contributed by atoms with E-state index in [0.29, 0.717) is 5.75 Å². The van der Waals surface area contributed by atoms with Gasteiger partial charge in [0.1, 0.15) is 10.6 Å². The lowest BCUT2D eigenvalue weighted by Gasteiger charge is -2.19. The summed E-state index contributed by atoms with van der Waals surface area (Å²) in [5.74, 6) is 0.431. The van der Waals surface area contributed by atoms with E-state index < -0.39 is 10.0 Å². The van der Waals surface area contributed by atoms with Crippen molar-refractivity contribution in [3.63, 3.8) is 0 Å². The number of aryl methyl sites for hydroxylation is 2. The smallest absolute Gasteiger partial charge is 0.244 e. The molecule has 1 saturated heterocycles. The molecule has 1 N–H and O–H groups in total. The van der Waals surface area contributed by atoms with E-state index in [-0.39, 0.29) is 11.4 Å². The number of benzene rings is 2. The summed E-state index contributed by atoms with van der Waals surface area (Å²) < 4.78 is 34.3. The predicted octanol–water partition coefficient (Wildman–Crippen LogP) is 3.65. The Labute approximate surface area is 174 Å². The molecule has 1 fully saturated rings. The van der Waals surface area contributed by atoms with E-state index in [4.69, 9.17) is 4.74 Å². The zero-order valence-corrected chi connectivity index (χ0v) is 17.9. The van der Waals surface area contributed by atoms with Crippen LogP contribution in [0.5, 0.6) is 5.75 Å². The summed E-state index contributed by atoms with van der Waals surface area (Å²) in [5.41, 5.74) is 4.55. The molecule has 5 nitrogen and oxygen atoms in total. The van der Waals surface area contributed by atoms with Crippen LogP contribution in [0.4, 0.5) is 0 Å². The lowest BCUT2D eigenvalue weighted by molar-refractivity contribution is 0.331. The van der Waals surface area contributed by atoms with E-state index in [1.54, 1.807) is 6.07 Å². The Hall–Kier alpha value is -1.89. The van der Waals surface area contributed by atoms with Gasteiger partial charge in [-0.05, 0) is 86.0 Å². The molecule has 1 heterocycles. The summed E-state index contributed by atoms with van der Waals surface area (Å²) in [5, 5.41) is 0. The SMILES string of the molecule is COc1cc2c(cc1S(=O)(=O)NCc1cccc(CN3CCCC3)c1)CCCC2. The molecule has 29 heavy (non-hydrogen) atoms. The maximum Gasteiger partial charge on any atom is 0.244 e. The zero-order valence-electron chi connectivity index (χ0n) is 17.1. The van der Waals surface area contributed by atoms with E-state index in [1.807, 2.05) is 18.2 Å². The molecular weight excluding hydrogens is 384 g/mol. The number of ether oxygens (including phenoxy) is 1. The van der Waals surface area contributed by atoms with Gasteiger partial charge < -0.3 is 4.74 Å². The molecule has 156 valence electrons. The Bertz CT molecular complexity index is 966. The highest BCUT2D eigenvalue weighted by molar-refractivity contribution is 7.89. The van der Waals surface area contributed by atoms with E-state index in [2.05, 4.69) is 21.8 Å². The number of hydrogen-bond donors (Lipinski definition) is 1. The van der Waals surface area contributed by atoms with E-state index in [9.17, 15) is 8.42 Å². The van der Waals surface area contributed by atoms with Crippen molar-refractivity contribution in [2.75, 3.05) is 20.2 Å². The molecule has 0 bridgehead atoms. The third kappa shape index (κ3) is 4.82. The average Bonchev–Trinajstić information content (AvgIpc) is 3.24. The van der Waals surface area contributed by atoms with Crippen LogP contribution in [-0.4, -0.2) is 33.5 Å². The summed E-state index contributed by atoms with van der Waals surface area (Å²) in [7, 11) is -2.12. The third-order valence-electron chi connectivity index (χ3n) is 5.98. The van der Waals surface area contributed by atoms with Gasteiger partial charge in [0.25, 0.3) is 0 Å². The van der Waals surface area contributed by atoms with Crippen molar-refractivity contribution in [3.8, 4) is 5.75 Å². The Morgan fingerprint density at radius 3 is 2.38 bits per heavy atom. The molecule has 0 amide bonds. The Morgan fingerprint density at radius 2 is 1.66 bits per heavy atom. The predicted molar refractivity (Wildman–Crippen MR) is 115 cm³/mol. The minimum Gasteiger partial charge on any atom is -0.495 e. The zero-order chi connectivity index (χ0) is 20.3. The van der Waals surface area contributed by atoms with Crippen molar-refractivity contribution in [2.45, 2.75) is 56.5 Å². The van der Waals surface area contributed by atoms with Crippen LogP contribution < -0.4 is 9.46 Å². The Balaban J connectivity index is 1.49. The topological polar surface area (TPSA) is 58.6 Å². The van der Waals surface area contributed by atoms with Gasteiger partial charge in [-0.25, -0.2) is 13.1 Å². The number of methoxy groups -OCH3 is 1. The normalized spacial score (nSPS) is 17.3. The number of hydrogen-bond acceptors (Lipinski definition) is 4. The molecule has 0 saturated carbocycles. The van der Waals surface area contributed by atoms with E-state index in [0.717, 1.165) is 56.4 Å². The fourth-order valence-electron chi connectivity index (χ4n) is 4.40. The molecule has 4 rings (SSSR count). The molecule has 0 spiro atoms. The summed E-state index contributed by atoms with van der Waals surface area (Å²) in [6, 6.07) is 11.9. The second kappa shape index (κ2) is 8.86. The van der Waals surface area contributed by atoms with Crippen LogP contribution in [0.2, 0.25) is 0 Å². The highest BCUT2D eigenvalue weighted by Crippen LogP contribution is 2.32. The van der Waals surface area contributed by atoms with Crippen LogP contribution in [-0.2, 0) is 36.0 Å². The van der Waals surface area contributed by atoms with Crippen molar-refractivity contribution in [3.05, 3.63) is 58.7 Å². The number of likely N-dealkylation sites (tertiary alicyclic amines) is 1. The second-order valence-electron chi connectivity index (χ2n) is 8.11. The van der Waals surface area contributed by atoms with Crippen molar-refractivity contribution < 1.29 is 13.2 Å². The summed E-state index contributed by atoms with van der Waals surface area (Å²) in [6.45, 7) is 3.50. The van der Waals surface area contributed by atoms with Crippen molar-refractivity contribution in [1.82, 2.24) is 9.62 Å². The molecule has 1 aliphatic carbocycles. The number of sulfonamides is 1. The van der Waals surface area contributed by atoms with Gasteiger partial charge in [0, 0.05) is 13.1 Å². The van der Waals surface area contributed by atoms with E-state index in [1.165, 1.54) is 31.1 Å². The van der Waals surface area contributed by atoms with Crippen LogP contribution in [0.15, 0.2) is 41.3 Å². The van der Waals surface area contributed by atoms with Gasteiger partial charge in [0.15, 0.2) is 0 Å². The first kappa shape index (κ1) is 20.4. The Morgan fingerprint density at radius 1 is 0.966 bits per heavy atom. The molecule has 2 aromatic rings. The fourth-order valence-corrected chi connectivity index (χ4v) is 5.62. The van der Waals surface area contributed by atoms with E-state index >= 15 is 0 Å². The van der Waals surface area contributed by atoms with Gasteiger partial charge in [-0.3, -0.25) is 4.90 Å². The van der Waals surface area contributed by atoms with Crippen molar-refractivity contribution >= 4 is 10.0 Å². The van der Waals surface area contributed by atoms with Gasteiger partial charge >= 0.3 is 0 Å². The summed E-state index contributed by atoms with van der Waals surface area (Å²) in [4.78, 5) is 2.69. The fraction of sp³-hybridized carbons (Fsp3) is 0.478. The maximum absolute atomic E-state index is 13.0. The second-order valence-corrected chi connectivity index (χ2v) is 9.84. The van der Waals surface area contributed by atoms with Crippen LogP contribution >= 0.6 is 0 Å². The van der Waals surface area contributed by atoms with Crippen molar-refractivity contribution in [2.24, 2.45) is 0 Å². The minimum absolute atomic E-state index is 0.244. The maximum atomic E-state index is 13.0. The lowest BCUT2D eigenvalue weighted by atomic mass is 9.92. The van der Waals surface area contributed by atoms with Crippen molar-refractivity contribution in [1.29, 1.82) is 0 Å². The highest BCUT2D eigenvalue weighted by Gasteiger charge is 2.23. The molecule has 2 aromatic carbocycles. The van der Waals surface area contributed by atoms with Gasteiger partial charge in [-0.15, -0.1) is 0 Å². The quantitative estimate of drug-likeness (QED) is 0.751. The summed E-state index contributed by atoms with van der Waals surface area (Å²) in [6.07, 6.45) is 6.71. The lowest BCUT2D eigenvalue weighted by Crippen LogP contribution is -2.24. The molecule has 0 radical (unpaired) electrons. The summed E-state index contributed by atoms with van der Waals surface area (Å²) >= 11 is 0. The molecule has 1 aliphatic heterocycles. The Kier molecular flexibility index (Phi) is 6.23. The highest BCUT2D eigenvalue weighted by atomic mass is 32.2. The largest absolute Gasteiger partial charge is 0.495 e. The van der Waals surface area contributed by atoms with Crippen LogP contribution in [0.25, 0.3) is 0 Å². The van der Waals surface area contributed by atoms with Gasteiger partial charge in [-0.2, -0.15) is 0 Å². The minimum atomic E-state index is -3.66. The first-order valence-corrected chi connectivity index (χ1v) is 12.0. The van der Waals surface area contributed by atoms with Gasteiger partial charge in [0.05, 0.1) is 7.11 Å². The molecule has 6 heteroatoms. The standard InChI is InChI=1S/C23H30N2O3S/c1-28-22-14-20-9-2-3-10-21(20)15-23(22)29(26,27)24-16-18-7-6-8-19(13-18)17-25-11-4-5-12-25/h6-8,13-15,24H,2-5,9-12,16-17H2,1H3. The third-order valence-corrected chi connectivity index (χ3v) is 7.40. The number of nitrogens with one attached hydrogen (secondary N) is 1. The number of fused-ring (bicyclic) bond motifs is 1. The van der Waals surface area contributed by atoms with Crippen LogP contribution in [0.1, 0.15) is 47.9 Å².